The summed E-state index contributed by atoms with van der Waals surface area (Å²) < 4.78 is 10.3. The maximum atomic E-state index is 11.5. The summed E-state index contributed by atoms with van der Waals surface area (Å²) in [6.45, 7) is 0.296. The molecule has 0 aliphatic carbocycles. The molecule has 0 atom stereocenters. The molecule has 1 aromatic carbocycles. The molecule has 0 saturated heterocycles. The number of hydrogen-bond donors (Lipinski definition) is 0. The normalized spacial score (nSPS) is 10.4. The van der Waals surface area contributed by atoms with Gasteiger partial charge in [0.2, 0.25) is 5.78 Å². The van der Waals surface area contributed by atoms with Crippen molar-refractivity contribution in [1.82, 2.24) is 0 Å². The summed E-state index contributed by atoms with van der Waals surface area (Å²) in [5.41, 5.74) is 0.862. The van der Waals surface area contributed by atoms with E-state index in [0.29, 0.717) is 17.4 Å². The lowest BCUT2D eigenvalue weighted by atomic mass is 10.2. The number of carbonyl (C=O) groups excluding carboxylic acids is 1. The molecule has 0 bridgehead atoms. The van der Waals surface area contributed by atoms with E-state index in [9.17, 15) is 4.79 Å². The molecule has 0 spiro atoms. The zero-order valence-electron chi connectivity index (χ0n) is 9.06. The standard InChI is InChI=1S/C13H11ClO3/c14-11-5-2-1-4-10(11)8-16-9-12(15)13-6-3-7-17-13/h1-7H,8-9H2. The molecule has 0 radical (unpaired) electrons. The quantitative estimate of drug-likeness (QED) is 0.764. The fourth-order valence-corrected chi connectivity index (χ4v) is 1.57. The highest BCUT2D eigenvalue weighted by molar-refractivity contribution is 6.31. The van der Waals surface area contributed by atoms with Gasteiger partial charge in [-0.2, -0.15) is 0 Å². The maximum Gasteiger partial charge on any atom is 0.223 e. The highest BCUT2D eigenvalue weighted by atomic mass is 35.5. The summed E-state index contributed by atoms with van der Waals surface area (Å²) in [5, 5.41) is 0.637. The van der Waals surface area contributed by atoms with Gasteiger partial charge in [-0.15, -0.1) is 0 Å². The Bertz CT molecular complexity index is 491. The van der Waals surface area contributed by atoms with Crippen LogP contribution >= 0.6 is 11.6 Å². The van der Waals surface area contributed by atoms with Crippen molar-refractivity contribution in [3.8, 4) is 0 Å². The molecule has 3 nitrogen and oxygen atoms in total. The van der Waals surface area contributed by atoms with E-state index in [-0.39, 0.29) is 12.4 Å². The van der Waals surface area contributed by atoms with E-state index in [0.717, 1.165) is 5.56 Å². The highest BCUT2D eigenvalue weighted by Crippen LogP contribution is 2.15. The third-order valence-corrected chi connectivity index (χ3v) is 2.61. The van der Waals surface area contributed by atoms with Gasteiger partial charge in [0.25, 0.3) is 0 Å². The first-order valence-corrected chi connectivity index (χ1v) is 5.53. The van der Waals surface area contributed by atoms with Gasteiger partial charge in [0.1, 0.15) is 6.61 Å². The first kappa shape index (κ1) is 11.9. The van der Waals surface area contributed by atoms with E-state index in [1.54, 1.807) is 18.2 Å². The molecule has 0 saturated carbocycles. The van der Waals surface area contributed by atoms with E-state index in [1.165, 1.54) is 6.26 Å². The average Bonchev–Trinajstić information content (AvgIpc) is 2.85. The summed E-state index contributed by atoms with van der Waals surface area (Å²) in [7, 11) is 0. The molecule has 2 rings (SSSR count). The van der Waals surface area contributed by atoms with Gasteiger partial charge in [0.05, 0.1) is 12.9 Å². The Morgan fingerprint density at radius 2 is 2.06 bits per heavy atom. The summed E-state index contributed by atoms with van der Waals surface area (Å²) in [6.07, 6.45) is 1.46. The van der Waals surface area contributed by atoms with Crippen molar-refractivity contribution in [2.75, 3.05) is 6.61 Å². The average molecular weight is 251 g/mol. The number of ether oxygens (including phenoxy) is 1. The van der Waals surface area contributed by atoms with Crippen LogP contribution in [0.4, 0.5) is 0 Å². The Morgan fingerprint density at radius 1 is 1.24 bits per heavy atom. The Balaban J connectivity index is 1.84. The molecule has 0 aliphatic heterocycles. The first-order chi connectivity index (χ1) is 8.27. The van der Waals surface area contributed by atoms with Gasteiger partial charge in [0, 0.05) is 5.02 Å². The van der Waals surface area contributed by atoms with E-state index in [1.807, 2.05) is 18.2 Å². The number of carbonyl (C=O) groups is 1. The van der Waals surface area contributed by atoms with Gasteiger partial charge in [-0.1, -0.05) is 29.8 Å². The number of hydrogen-bond acceptors (Lipinski definition) is 3. The van der Waals surface area contributed by atoms with Crippen LogP contribution in [0, 0.1) is 0 Å². The third kappa shape index (κ3) is 3.19. The smallest absolute Gasteiger partial charge is 0.223 e. The molecular formula is C13H11ClO3. The van der Waals surface area contributed by atoms with Crippen LogP contribution in [-0.2, 0) is 11.3 Å². The van der Waals surface area contributed by atoms with Gasteiger partial charge >= 0.3 is 0 Å². The number of furan rings is 1. The van der Waals surface area contributed by atoms with E-state index >= 15 is 0 Å². The molecule has 2 aromatic rings. The minimum absolute atomic E-state index is 0.0151. The Labute approximate surface area is 104 Å². The number of benzene rings is 1. The van der Waals surface area contributed by atoms with Gasteiger partial charge in [-0.3, -0.25) is 4.79 Å². The second kappa shape index (κ2) is 5.66. The summed E-state index contributed by atoms with van der Waals surface area (Å²) in [5.74, 6) is 0.131. The lowest BCUT2D eigenvalue weighted by molar-refractivity contribution is 0.0700. The molecule has 17 heavy (non-hydrogen) atoms. The summed E-state index contributed by atoms with van der Waals surface area (Å²) in [4.78, 5) is 11.5. The molecule has 0 N–H and O–H groups in total. The number of ketones is 1. The van der Waals surface area contributed by atoms with Gasteiger partial charge in [0.15, 0.2) is 5.76 Å². The molecule has 1 aromatic heterocycles. The SMILES string of the molecule is O=C(COCc1ccccc1Cl)c1ccco1. The second-order valence-corrected chi connectivity index (χ2v) is 3.89. The van der Waals surface area contributed by atoms with Gasteiger partial charge in [-0.25, -0.2) is 0 Å². The molecule has 0 amide bonds. The lowest BCUT2D eigenvalue weighted by Crippen LogP contribution is -2.08. The molecule has 0 fully saturated rings. The molecule has 0 aliphatic rings. The van der Waals surface area contributed by atoms with E-state index in [2.05, 4.69) is 0 Å². The minimum Gasteiger partial charge on any atom is -0.461 e. The molecule has 1 heterocycles. The van der Waals surface area contributed by atoms with Crippen LogP contribution in [0.5, 0.6) is 0 Å². The zero-order chi connectivity index (χ0) is 12.1. The molecule has 88 valence electrons. The van der Waals surface area contributed by atoms with Crippen molar-refractivity contribution in [2.45, 2.75) is 6.61 Å². The van der Waals surface area contributed by atoms with Crippen LogP contribution in [0.25, 0.3) is 0 Å². The van der Waals surface area contributed by atoms with Crippen LogP contribution in [0.2, 0.25) is 5.02 Å². The predicted molar refractivity (Wildman–Crippen MR) is 64.1 cm³/mol. The van der Waals surface area contributed by atoms with Crippen LogP contribution < -0.4 is 0 Å². The monoisotopic (exact) mass is 250 g/mol. The van der Waals surface area contributed by atoms with Crippen LogP contribution in [0.1, 0.15) is 16.1 Å². The van der Waals surface area contributed by atoms with E-state index in [4.69, 9.17) is 20.8 Å². The Kier molecular flexibility index (Phi) is 3.96. The molecular weight excluding hydrogens is 240 g/mol. The van der Waals surface area contributed by atoms with Gasteiger partial charge < -0.3 is 9.15 Å². The van der Waals surface area contributed by atoms with Crippen molar-refractivity contribution < 1.29 is 13.9 Å². The van der Waals surface area contributed by atoms with Crippen molar-refractivity contribution in [1.29, 1.82) is 0 Å². The topological polar surface area (TPSA) is 39.4 Å². The van der Waals surface area contributed by atoms with Crippen LogP contribution in [0.3, 0.4) is 0 Å². The van der Waals surface area contributed by atoms with Crippen LogP contribution in [-0.4, -0.2) is 12.4 Å². The maximum absolute atomic E-state index is 11.5. The largest absolute Gasteiger partial charge is 0.461 e. The highest BCUT2D eigenvalue weighted by Gasteiger charge is 2.08. The van der Waals surface area contributed by atoms with Crippen molar-refractivity contribution in [3.63, 3.8) is 0 Å². The first-order valence-electron chi connectivity index (χ1n) is 5.15. The summed E-state index contributed by atoms with van der Waals surface area (Å²) >= 11 is 5.96. The molecule has 0 unspecified atom stereocenters. The van der Waals surface area contributed by atoms with Crippen molar-refractivity contribution >= 4 is 17.4 Å². The molecule has 4 heteroatoms. The predicted octanol–water partition coefficient (Wildman–Crippen LogP) is 3.33. The second-order valence-electron chi connectivity index (χ2n) is 3.48. The fourth-order valence-electron chi connectivity index (χ4n) is 1.38. The minimum atomic E-state index is -0.179. The third-order valence-electron chi connectivity index (χ3n) is 2.24. The fraction of sp³-hybridized carbons (Fsp3) is 0.154. The Hall–Kier alpha value is -1.58. The van der Waals surface area contributed by atoms with Gasteiger partial charge in [-0.05, 0) is 23.8 Å². The van der Waals surface area contributed by atoms with E-state index < -0.39 is 0 Å². The number of rotatable bonds is 5. The lowest BCUT2D eigenvalue weighted by Gasteiger charge is -2.04. The summed E-state index contributed by atoms with van der Waals surface area (Å²) in [6, 6.07) is 10.6. The van der Waals surface area contributed by atoms with Crippen molar-refractivity contribution in [3.05, 3.63) is 59.0 Å². The van der Waals surface area contributed by atoms with Crippen molar-refractivity contribution in [2.24, 2.45) is 0 Å². The zero-order valence-corrected chi connectivity index (χ0v) is 9.81. The van der Waals surface area contributed by atoms with Crippen LogP contribution in [0.15, 0.2) is 47.1 Å². The Morgan fingerprint density at radius 3 is 2.76 bits per heavy atom. The number of halogens is 1. The number of Topliss-reactive ketones (excluding diaryl/α,β-unsaturated/α-hetero) is 1.